The highest BCUT2D eigenvalue weighted by Crippen LogP contribution is 2.53. The molecule has 0 heteroatoms. The average Bonchev–Trinajstić information content (AvgIpc) is 3.04. The number of benzene rings is 4. The Labute approximate surface area is 154 Å². The molecule has 26 heavy (non-hydrogen) atoms. The quantitative estimate of drug-likeness (QED) is 0.295. The maximum atomic E-state index is 2.40. The molecule has 0 unspecified atom stereocenters. The van der Waals surface area contributed by atoms with Crippen LogP contribution in [0.1, 0.15) is 36.1 Å². The van der Waals surface area contributed by atoms with Crippen molar-refractivity contribution in [1.29, 1.82) is 0 Å². The standard InChI is InChI=1S/C26H20/c1-26(2)23-12-6-9-16-8-5-11-20(24(16)23)21-14-13-19-18-10-4-3-7-17(18)15-22(19)25(21)26/h3-14H,15H2,1-2H3. The molecule has 4 aromatic carbocycles. The van der Waals surface area contributed by atoms with Gasteiger partial charge in [0.25, 0.3) is 0 Å². The first-order chi connectivity index (χ1) is 12.7. The summed E-state index contributed by atoms with van der Waals surface area (Å²) in [6.45, 7) is 4.81. The van der Waals surface area contributed by atoms with Crippen molar-refractivity contribution in [2.75, 3.05) is 0 Å². The van der Waals surface area contributed by atoms with Gasteiger partial charge in [0.15, 0.2) is 0 Å². The largest absolute Gasteiger partial charge is 0.0619 e. The molecule has 0 bridgehead atoms. The highest BCUT2D eigenvalue weighted by atomic mass is 14.4. The Morgan fingerprint density at radius 1 is 0.654 bits per heavy atom. The van der Waals surface area contributed by atoms with Crippen LogP contribution in [-0.2, 0) is 11.8 Å². The Kier molecular flexibility index (Phi) is 2.56. The predicted octanol–water partition coefficient (Wildman–Crippen LogP) is 6.72. The summed E-state index contributed by atoms with van der Waals surface area (Å²) in [7, 11) is 0. The van der Waals surface area contributed by atoms with E-state index >= 15 is 0 Å². The summed E-state index contributed by atoms with van der Waals surface area (Å²) in [6.07, 6.45) is 1.05. The van der Waals surface area contributed by atoms with Crippen LogP contribution in [-0.4, -0.2) is 0 Å². The van der Waals surface area contributed by atoms with Crippen molar-refractivity contribution in [2.24, 2.45) is 0 Å². The summed E-state index contributed by atoms with van der Waals surface area (Å²) in [4.78, 5) is 0. The predicted molar refractivity (Wildman–Crippen MR) is 110 cm³/mol. The molecule has 0 atom stereocenters. The number of fused-ring (bicyclic) bond motifs is 6. The van der Waals surface area contributed by atoms with E-state index in [1.807, 2.05) is 0 Å². The van der Waals surface area contributed by atoms with Crippen molar-refractivity contribution in [3.63, 3.8) is 0 Å². The lowest BCUT2D eigenvalue weighted by molar-refractivity contribution is 0.639. The van der Waals surface area contributed by atoms with Gasteiger partial charge in [0, 0.05) is 5.41 Å². The highest BCUT2D eigenvalue weighted by Gasteiger charge is 2.37. The van der Waals surface area contributed by atoms with Gasteiger partial charge in [-0.05, 0) is 61.7 Å². The van der Waals surface area contributed by atoms with Crippen LogP contribution in [0.3, 0.4) is 0 Å². The Balaban J connectivity index is 1.77. The number of rotatable bonds is 0. The smallest absolute Gasteiger partial charge is 0.0162 e. The van der Waals surface area contributed by atoms with Gasteiger partial charge in [-0.1, -0.05) is 86.6 Å². The van der Waals surface area contributed by atoms with Crippen LogP contribution in [0.2, 0.25) is 0 Å². The van der Waals surface area contributed by atoms with E-state index < -0.39 is 0 Å². The van der Waals surface area contributed by atoms with Crippen molar-refractivity contribution in [3.8, 4) is 22.3 Å². The molecule has 0 radical (unpaired) electrons. The zero-order valence-electron chi connectivity index (χ0n) is 15.1. The molecule has 0 aromatic heterocycles. The molecule has 0 saturated carbocycles. The normalized spacial score (nSPS) is 15.5. The Morgan fingerprint density at radius 3 is 2.27 bits per heavy atom. The Bertz CT molecular complexity index is 1220. The van der Waals surface area contributed by atoms with Crippen LogP contribution in [0.4, 0.5) is 0 Å². The van der Waals surface area contributed by atoms with Gasteiger partial charge in [-0.15, -0.1) is 0 Å². The molecule has 0 heterocycles. The molecule has 2 aliphatic rings. The lowest BCUT2D eigenvalue weighted by Crippen LogP contribution is -2.25. The number of hydrogen-bond acceptors (Lipinski definition) is 0. The third-order valence-electron chi connectivity index (χ3n) is 6.48. The summed E-state index contributed by atoms with van der Waals surface area (Å²) in [5.41, 5.74) is 11.6. The van der Waals surface area contributed by atoms with Crippen molar-refractivity contribution < 1.29 is 0 Å². The summed E-state index contributed by atoms with van der Waals surface area (Å²) in [5.74, 6) is 0. The van der Waals surface area contributed by atoms with Crippen LogP contribution in [0.15, 0.2) is 72.8 Å². The molecule has 0 fully saturated rings. The Morgan fingerprint density at radius 2 is 1.38 bits per heavy atom. The van der Waals surface area contributed by atoms with E-state index in [-0.39, 0.29) is 5.41 Å². The summed E-state index contributed by atoms with van der Waals surface area (Å²) in [6, 6.07) is 27.1. The molecule has 0 aliphatic heterocycles. The van der Waals surface area contributed by atoms with Gasteiger partial charge < -0.3 is 0 Å². The summed E-state index contributed by atoms with van der Waals surface area (Å²) in [5, 5.41) is 2.78. The van der Waals surface area contributed by atoms with E-state index in [1.54, 1.807) is 0 Å². The van der Waals surface area contributed by atoms with E-state index in [9.17, 15) is 0 Å². The fourth-order valence-corrected chi connectivity index (χ4v) is 5.37. The van der Waals surface area contributed by atoms with Crippen molar-refractivity contribution in [2.45, 2.75) is 25.7 Å². The minimum atomic E-state index is 0.0105. The van der Waals surface area contributed by atoms with Crippen molar-refractivity contribution >= 4 is 10.8 Å². The molecule has 4 aromatic rings. The maximum absolute atomic E-state index is 2.40. The van der Waals surface area contributed by atoms with E-state index in [1.165, 1.54) is 55.3 Å². The van der Waals surface area contributed by atoms with E-state index in [4.69, 9.17) is 0 Å². The second-order valence-electron chi connectivity index (χ2n) is 8.18. The fourth-order valence-electron chi connectivity index (χ4n) is 5.37. The van der Waals surface area contributed by atoms with Gasteiger partial charge in [-0.3, -0.25) is 0 Å². The number of hydrogen-bond donors (Lipinski definition) is 0. The average molecular weight is 332 g/mol. The van der Waals surface area contributed by atoms with Crippen LogP contribution >= 0.6 is 0 Å². The molecule has 6 rings (SSSR count). The van der Waals surface area contributed by atoms with Gasteiger partial charge in [0.2, 0.25) is 0 Å². The summed E-state index contributed by atoms with van der Waals surface area (Å²) < 4.78 is 0. The fraction of sp³-hybridized carbons (Fsp3) is 0.154. The monoisotopic (exact) mass is 332 g/mol. The maximum Gasteiger partial charge on any atom is 0.0162 e. The SMILES string of the molecule is CC1(C)c2c(ccc3c2Cc2ccccc2-3)-c2cccc3cccc1c23. The molecular weight excluding hydrogens is 312 g/mol. The van der Waals surface area contributed by atoms with Crippen molar-refractivity contribution in [1.82, 2.24) is 0 Å². The zero-order valence-corrected chi connectivity index (χ0v) is 15.1. The highest BCUT2D eigenvalue weighted by molar-refractivity contribution is 6.04. The first-order valence-electron chi connectivity index (χ1n) is 9.43. The van der Waals surface area contributed by atoms with Gasteiger partial charge in [-0.2, -0.15) is 0 Å². The van der Waals surface area contributed by atoms with Gasteiger partial charge in [0.05, 0.1) is 0 Å². The third-order valence-corrected chi connectivity index (χ3v) is 6.48. The van der Waals surface area contributed by atoms with Crippen LogP contribution in [0, 0.1) is 0 Å². The molecule has 0 amide bonds. The van der Waals surface area contributed by atoms with Gasteiger partial charge in [-0.25, -0.2) is 0 Å². The third kappa shape index (κ3) is 1.60. The molecule has 0 spiro atoms. The van der Waals surface area contributed by atoms with E-state index in [0.29, 0.717) is 0 Å². The minimum Gasteiger partial charge on any atom is -0.0619 e. The lowest BCUT2D eigenvalue weighted by atomic mass is 9.66. The molecular formula is C26H20. The Hall–Kier alpha value is -2.86. The topological polar surface area (TPSA) is 0 Å². The van der Waals surface area contributed by atoms with Crippen LogP contribution in [0.5, 0.6) is 0 Å². The van der Waals surface area contributed by atoms with E-state index in [0.717, 1.165) is 6.42 Å². The minimum absolute atomic E-state index is 0.0105. The van der Waals surface area contributed by atoms with Gasteiger partial charge >= 0.3 is 0 Å². The summed E-state index contributed by atoms with van der Waals surface area (Å²) >= 11 is 0. The molecule has 0 nitrogen and oxygen atoms in total. The second kappa shape index (κ2) is 4.65. The zero-order chi connectivity index (χ0) is 17.5. The molecule has 2 aliphatic carbocycles. The molecule has 0 saturated heterocycles. The first kappa shape index (κ1) is 14.3. The second-order valence-corrected chi connectivity index (χ2v) is 8.18. The van der Waals surface area contributed by atoms with Crippen molar-refractivity contribution in [3.05, 3.63) is 95.1 Å². The lowest BCUT2D eigenvalue weighted by Gasteiger charge is -2.37. The van der Waals surface area contributed by atoms with Crippen LogP contribution < -0.4 is 0 Å². The van der Waals surface area contributed by atoms with Crippen LogP contribution in [0.25, 0.3) is 33.0 Å². The van der Waals surface area contributed by atoms with Gasteiger partial charge in [0.1, 0.15) is 0 Å². The molecule has 0 N–H and O–H groups in total. The first-order valence-corrected chi connectivity index (χ1v) is 9.43. The molecule has 124 valence electrons. The van der Waals surface area contributed by atoms with E-state index in [2.05, 4.69) is 86.6 Å².